The third-order valence-electron chi connectivity index (χ3n) is 5.43. The van der Waals surface area contributed by atoms with Crippen LogP contribution in [0.2, 0.25) is 5.02 Å². The van der Waals surface area contributed by atoms with Crippen molar-refractivity contribution in [3.63, 3.8) is 0 Å². The maximum atomic E-state index is 13.1. The topological polar surface area (TPSA) is 171 Å². The number of carboxylic acid groups (broad SMARTS) is 1. The van der Waals surface area contributed by atoms with Gasteiger partial charge in [0.05, 0.1) is 24.4 Å². The number of anilines is 2. The number of benzene rings is 2. The Kier molecular flexibility index (Phi) is 9.64. The maximum Gasteiger partial charge on any atom is 0.341 e. The largest absolute Gasteiger partial charge is 0.480 e. The number of rotatable bonds is 12. The average molecular weight is 540 g/mol. The molecule has 0 fully saturated rings. The Morgan fingerprint density at radius 1 is 1.16 bits per heavy atom. The van der Waals surface area contributed by atoms with Crippen LogP contribution in [0.25, 0.3) is 0 Å². The Bertz CT molecular complexity index is 1330. The number of halogens is 1. The van der Waals surface area contributed by atoms with E-state index in [1.165, 1.54) is 6.07 Å². The van der Waals surface area contributed by atoms with Crippen molar-refractivity contribution >= 4 is 40.7 Å². The quantitative estimate of drug-likeness (QED) is 0.148. The number of nitrogens with zero attached hydrogens (tertiary/aromatic N) is 1. The molecule has 11 heteroatoms. The first kappa shape index (κ1) is 28.4. The number of nitrogen functional groups attached to an aromatic ring is 1. The van der Waals surface area contributed by atoms with Gasteiger partial charge in [-0.15, -0.1) is 0 Å². The van der Waals surface area contributed by atoms with Gasteiger partial charge in [-0.3, -0.25) is 10.2 Å². The monoisotopic (exact) mass is 539 g/mol. The van der Waals surface area contributed by atoms with Crippen LogP contribution in [0.15, 0.2) is 48.5 Å². The van der Waals surface area contributed by atoms with Crippen LogP contribution in [0, 0.1) is 11.3 Å². The van der Waals surface area contributed by atoms with Crippen molar-refractivity contribution in [2.24, 2.45) is 11.7 Å². The Morgan fingerprint density at radius 2 is 1.87 bits per heavy atom. The van der Waals surface area contributed by atoms with Crippen molar-refractivity contribution < 1.29 is 24.5 Å². The summed E-state index contributed by atoms with van der Waals surface area (Å²) in [6.07, 6.45) is 0.592. The smallest absolute Gasteiger partial charge is 0.341 e. The number of carboxylic acids is 1. The maximum absolute atomic E-state index is 13.1. The SMILES string of the molecule is CC(C)Cc1cc(CO)nc(CNc2ccc(Cl)cc2C(=O)Nc2ccc(C(=N)N)cc2)c1OCC(=O)O. The van der Waals surface area contributed by atoms with Gasteiger partial charge in [0, 0.05) is 22.0 Å². The van der Waals surface area contributed by atoms with Crippen LogP contribution in [0.1, 0.15) is 46.7 Å². The molecule has 10 nitrogen and oxygen atoms in total. The zero-order valence-electron chi connectivity index (χ0n) is 21.0. The second-order valence-electron chi connectivity index (χ2n) is 8.98. The van der Waals surface area contributed by atoms with E-state index in [0.29, 0.717) is 45.5 Å². The van der Waals surface area contributed by atoms with Gasteiger partial charge >= 0.3 is 5.97 Å². The number of ether oxygens (including phenoxy) is 1. The fraction of sp³-hybridized carbons (Fsp3) is 0.259. The van der Waals surface area contributed by atoms with Gasteiger partial charge in [-0.1, -0.05) is 25.4 Å². The summed E-state index contributed by atoms with van der Waals surface area (Å²) in [4.78, 5) is 28.8. The number of carbonyl (C=O) groups is 2. The normalized spacial score (nSPS) is 10.8. The minimum Gasteiger partial charge on any atom is -0.480 e. The molecule has 1 amide bonds. The number of aliphatic hydroxyl groups excluding tert-OH is 1. The lowest BCUT2D eigenvalue weighted by molar-refractivity contribution is -0.139. The van der Waals surface area contributed by atoms with Crippen molar-refractivity contribution in [2.75, 3.05) is 17.2 Å². The van der Waals surface area contributed by atoms with E-state index in [1.54, 1.807) is 42.5 Å². The third-order valence-corrected chi connectivity index (χ3v) is 5.66. The van der Waals surface area contributed by atoms with Crippen LogP contribution >= 0.6 is 11.6 Å². The molecule has 1 aromatic heterocycles. The number of amidine groups is 1. The minimum absolute atomic E-state index is 0.0775. The standard InChI is InChI=1S/C27H30ClN5O5/c1-15(2)9-17-10-20(13-34)32-23(25(17)38-14-24(35)36)12-31-22-8-5-18(28)11-21(22)27(37)33-19-6-3-16(4-7-19)26(29)30/h3-8,10-11,15,31,34H,9,12-14H2,1-2H3,(H3,29,30)(H,33,37)(H,35,36). The first-order valence-corrected chi connectivity index (χ1v) is 12.2. The number of nitrogens with one attached hydrogen (secondary N) is 3. The number of hydrogen-bond donors (Lipinski definition) is 6. The zero-order chi connectivity index (χ0) is 27.8. The summed E-state index contributed by atoms with van der Waals surface area (Å²) in [6, 6.07) is 13.0. The predicted octanol–water partition coefficient (Wildman–Crippen LogP) is 4.04. The Balaban J connectivity index is 1.90. The van der Waals surface area contributed by atoms with Crippen molar-refractivity contribution in [3.8, 4) is 5.75 Å². The first-order chi connectivity index (χ1) is 18.1. The Morgan fingerprint density at radius 3 is 2.47 bits per heavy atom. The average Bonchev–Trinajstić information content (AvgIpc) is 2.86. The molecule has 1 heterocycles. The van der Waals surface area contributed by atoms with Crippen molar-refractivity contribution in [2.45, 2.75) is 33.4 Å². The van der Waals surface area contributed by atoms with Crippen molar-refractivity contribution in [1.29, 1.82) is 5.41 Å². The van der Waals surface area contributed by atoms with Gasteiger partial charge in [0.15, 0.2) is 6.61 Å². The molecule has 3 rings (SSSR count). The summed E-state index contributed by atoms with van der Waals surface area (Å²) < 4.78 is 5.61. The summed E-state index contributed by atoms with van der Waals surface area (Å²) in [5, 5.41) is 32.7. The first-order valence-electron chi connectivity index (χ1n) is 11.8. The van der Waals surface area contributed by atoms with Gasteiger partial charge < -0.3 is 31.3 Å². The fourth-order valence-corrected chi connectivity index (χ4v) is 3.95. The lowest BCUT2D eigenvalue weighted by atomic mass is 10.0. The molecule has 200 valence electrons. The third kappa shape index (κ3) is 7.67. The van der Waals surface area contributed by atoms with E-state index in [4.69, 9.17) is 32.6 Å². The Hall–Kier alpha value is -4.15. The number of aliphatic carboxylic acids is 1. The van der Waals surface area contributed by atoms with Crippen LogP contribution in [0.5, 0.6) is 5.75 Å². The fourth-order valence-electron chi connectivity index (χ4n) is 3.78. The molecule has 0 saturated carbocycles. The number of aromatic nitrogens is 1. The number of aliphatic hydroxyl groups is 1. The van der Waals surface area contributed by atoms with E-state index in [2.05, 4.69) is 15.6 Å². The highest BCUT2D eigenvalue weighted by molar-refractivity contribution is 6.31. The van der Waals surface area contributed by atoms with Crippen LogP contribution < -0.4 is 21.1 Å². The number of amides is 1. The second-order valence-corrected chi connectivity index (χ2v) is 9.41. The van der Waals surface area contributed by atoms with Gasteiger partial charge in [-0.05, 0) is 66.4 Å². The molecular weight excluding hydrogens is 510 g/mol. The van der Waals surface area contributed by atoms with Gasteiger partial charge in [-0.2, -0.15) is 0 Å². The summed E-state index contributed by atoms with van der Waals surface area (Å²) >= 11 is 6.18. The number of nitrogens with two attached hydrogens (primary N) is 1. The molecule has 0 atom stereocenters. The summed E-state index contributed by atoms with van der Waals surface area (Å²) in [5.41, 5.74) is 8.80. The molecule has 38 heavy (non-hydrogen) atoms. The van der Waals surface area contributed by atoms with Crippen LogP contribution in [0.4, 0.5) is 11.4 Å². The Labute approximate surface area is 225 Å². The van der Waals surface area contributed by atoms with Gasteiger partial charge in [-0.25, -0.2) is 9.78 Å². The van der Waals surface area contributed by atoms with Crippen LogP contribution in [-0.2, 0) is 24.4 Å². The van der Waals surface area contributed by atoms with E-state index in [9.17, 15) is 14.7 Å². The lowest BCUT2D eigenvalue weighted by Gasteiger charge is -2.19. The number of hydrogen-bond acceptors (Lipinski definition) is 7. The van der Waals surface area contributed by atoms with Crippen LogP contribution in [0.3, 0.4) is 0 Å². The van der Waals surface area contributed by atoms with Crippen molar-refractivity contribution in [3.05, 3.63) is 81.6 Å². The van der Waals surface area contributed by atoms with Gasteiger partial charge in [0.2, 0.25) is 0 Å². The van der Waals surface area contributed by atoms with Crippen LogP contribution in [-0.4, -0.2) is 39.5 Å². The number of carbonyl (C=O) groups excluding carboxylic acids is 1. The zero-order valence-corrected chi connectivity index (χ0v) is 21.8. The molecule has 7 N–H and O–H groups in total. The van der Waals surface area contributed by atoms with E-state index in [-0.39, 0.29) is 30.5 Å². The number of pyridine rings is 1. The highest BCUT2D eigenvalue weighted by Gasteiger charge is 2.18. The predicted molar refractivity (Wildman–Crippen MR) is 146 cm³/mol. The van der Waals surface area contributed by atoms with E-state index in [1.807, 2.05) is 13.8 Å². The lowest BCUT2D eigenvalue weighted by Crippen LogP contribution is -2.17. The second kappa shape index (κ2) is 12.9. The summed E-state index contributed by atoms with van der Waals surface area (Å²) in [6.45, 7) is 3.28. The van der Waals surface area contributed by atoms with E-state index in [0.717, 1.165) is 5.56 Å². The highest BCUT2D eigenvalue weighted by atomic mass is 35.5. The molecule has 0 bridgehead atoms. The molecule has 2 aromatic carbocycles. The molecule has 3 aromatic rings. The molecule has 0 saturated heterocycles. The van der Waals surface area contributed by atoms with Gasteiger partial charge in [0.1, 0.15) is 17.3 Å². The molecule has 0 radical (unpaired) electrons. The van der Waals surface area contributed by atoms with Crippen molar-refractivity contribution in [1.82, 2.24) is 4.98 Å². The summed E-state index contributed by atoms with van der Waals surface area (Å²) in [7, 11) is 0. The van der Waals surface area contributed by atoms with Gasteiger partial charge in [0.25, 0.3) is 5.91 Å². The molecule has 0 aliphatic heterocycles. The molecule has 0 spiro atoms. The van der Waals surface area contributed by atoms with E-state index < -0.39 is 18.5 Å². The van der Waals surface area contributed by atoms with E-state index >= 15 is 0 Å². The molecule has 0 unspecified atom stereocenters. The summed E-state index contributed by atoms with van der Waals surface area (Å²) in [5.74, 6) is -1.06. The minimum atomic E-state index is -1.13. The molecule has 0 aliphatic carbocycles. The highest BCUT2D eigenvalue weighted by Crippen LogP contribution is 2.29. The molecular formula is C27H30ClN5O5. The molecule has 0 aliphatic rings.